The monoisotopic (exact) mass is 407 g/mol. The van der Waals surface area contributed by atoms with Gasteiger partial charge >= 0.3 is 0 Å². The third-order valence-electron chi connectivity index (χ3n) is 5.01. The minimum atomic E-state index is -0.227. The van der Waals surface area contributed by atoms with E-state index in [0.29, 0.717) is 44.3 Å². The second-order valence-corrected chi connectivity index (χ2v) is 6.94. The van der Waals surface area contributed by atoms with Crippen LogP contribution in [-0.2, 0) is 11.2 Å². The van der Waals surface area contributed by atoms with Gasteiger partial charge in [0.05, 0.1) is 5.56 Å². The maximum absolute atomic E-state index is 12.6. The number of carbonyl (C=O) groups excluding carboxylic acids is 2. The summed E-state index contributed by atoms with van der Waals surface area (Å²) < 4.78 is 5.24. The van der Waals surface area contributed by atoms with Crippen molar-refractivity contribution in [2.24, 2.45) is 0 Å². The first kappa shape index (κ1) is 19.6. The molecule has 1 aromatic carbocycles. The summed E-state index contributed by atoms with van der Waals surface area (Å²) in [4.78, 5) is 36.7. The highest BCUT2D eigenvalue weighted by molar-refractivity contribution is 5.97. The number of amides is 2. The van der Waals surface area contributed by atoms with Gasteiger partial charge in [0.15, 0.2) is 0 Å². The molecule has 3 heterocycles. The molecule has 0 radical (unpaired) electrons. The molecule has 0 spiro atoms. The molecule has 3 aromatic rings. The average molecular weight is 407 g/mol. The number of para-hydroxylation sites is 1. The van der Waals surface area contributed by atoms with E-state index in [1.807, 2.05) is 0 Å². The Bertz CT molecular complexity index is 1030. The van der Waals surface area contributed by atoms with Crippen LogP contribution in [0.15, 0.2) is 53.3 Å². The molecule has 9 heteroatoms. The molecule has 0 unspecified atom stereocenters. The van der Waals surface area contributed by atoms with Gasteiger partial charge in [0, 0.05) is 57.0 Å². The van der Waals surface area contributed by atoms with E-state index in [1.54, 1.807) is 52.5 Å². The molecule has 1 fully saturated rings. The fraction of sp³-hybridized carbons (Fsp3) is 0.286. The molecule has 0 saturated carbocycles. The Hall–Kier alpha value is -3.75. The molecule has 0 aliphatic carbocycles. The standard InChI is InChI=1S/C21H21N5O4/c27-17-4-2-1-3-16(17)21(29)26-13-11-25(12-14-26)19(28)6-5-18-23-20(24-30-18)15-7-9-22-10-8-15/h1-4,7-10,27H,5-6,11-14H2. The van der Waals surface area contributed by atoms with Gasteiger partial charge in [-0.3, -0.25) is 14.6 Å². The number of aryl methyl sites for hydroxylation is 1. The summed E-state index contributed by atoms with van der Waals surface area (Å²) in [7, 11) is 0. The number of pyridine rings is 1. The zero-order valence-electron chi connectivity index (χ0n) is 16.3. The van der Waals surface area contributed by atoms with Crippen molar-refractivity contribution in [1.29, 1.82) is 0 Å². The van der Waals surface area contributed by atoms with E-state index >= 15 is 0 Å². The molecular weight excluding hydrogens is 386 g/mol. The zero-order valence-corrected chi connectivity index (χ0v) is 16.3. The third kappa shape index (κ3) is 4.29. The van der Waals surface area contributed by atoms with Gasteiger partial charge < -0.3 is 19.4 Å². The largest absolute Gasteiger partial charge is 0.507 e. The van der Waals surface area contributed by atoms with Gasteiger partial charge in [-0.15, -0.1) is 0 Å². The molecular formula is C21H21N5O4. The molecule has 9 nitrogen and oxygen atoms in total. The average Bonchev–Trinajstić information content (AvgIpc) is 3.27. The maximum atomic E-state index is 12.6. The van der Waals surface area contributed by atoms with Crippen LogP contribution in [0.2, 0.25) is 0 Å². The summed E-state index contributed by atoms with van der Waals surface area (Å²) in [6, 6.07) is 10.0. The molecule has 1 N–H and O–H groups in total. The predicted molar refractivity (Wildman–Crippen MR) is 106 cm³/mol. The molecule has 1 aliphatic heterocycles. The first-order valence-electron chi connectivity index (χ1n) is 9.70. The van der Waals surface area contributed by atoms with Crippen molar-refractivity contribution in [3.8, 4) is 17.1 Å². The zero-order chi connectivity index (χ0) is 20.9. The van der Waals surface area contributed by atoms with E-state index in [2.05, 4.69) is 15.1 Å². The number of carbonyl (C=O) groups is 2. The van der Waals surface area contributed by atoms with Crippen LogP contribution in [0, 0.1) is 0 Å². The van der Waals surface area contributed by atoms with Gasteiger partial charge in [-0.25, -0.2) is 0 Å². The SMILES string of the molecule is O=C(CCc1nc(-c2ccncc2)no1)N1CCN(C(=O)c2ccccc2O)CC1. The van der Waals surface area contributed by atoms with E-state index < -0.39 is 0 Å². The second-order valence-electron chi connectivity index (χ2n) is 6.94. The smallest absolute Gasteiger partial charge is 0.257 e. The Labute approximate surface area is 173 Å². The topological polar surface area (TPSA) is 113 Å². The molecule has 4 rings (SSSR count). The Morgan fingerprint density at radius 3 is 2.43 bits per heavy atom. The number of phenols is 1. The first-order chi connectivity index (χ1) is 14.6. The van der Waals surface area contributed by atoms with Crippen LogP contribution in [-0.4, -0.2) is 68.0 Å². The van der Waals surface area contributed by atoms with Crippen LogP contribution in [0.3, 0.4) is 0 Å². The van der Waals surface area contributed by atoms with Crippen molar-refractivity contribution in [1.82, 2.24) is 24.9 Å². The van der Waals surface area contributed by atoms with Crippen molar-refractivity contribution in [2.75, 3.05) is 26.2 Å². The fourth-order valence-electron chi connectivity index (χ4n) is 3.33. The summed E-state index contributed by atoms with van der Waals surface area (Å²) in [6.45, 7) is 1.74. The third-order valence-corrected chi connectivity index (χ3v) is 5.01. The first-order valence-corrected chi connectivity index (χ1v) is 9.70. The minimum absolute atomic E-state index is 0.0201. The van der Waals surface area contributed by atoms with Crippen LogP contribution < -0.4 is 0 Å². The minimum Gasteiger partial charge on any atom is -0.507 e. The molecule has 30 heavy (non-hydrogen) atoms. The van der Waals surface area contributed by atoms with Crippen molar-refractivity contribution >= 4 is 11.8 Å². The number of aromatic hydroxyl groups is 1. The van der Waals surface area contributed by atoms with E-state index in [4.69, 9.17) is 4.52 Å². The highest BCUT2D eigenvalue weighted by Crippen LogP contribution is 2.19. The number of benzene rings is 1. The Kier molecular flexibility index (Phi) is 5.69. The van der Waals surface area contributed by atoms with Gasteiger partial charge in [-0.1, -0.05) is 17.3 Å². The summed E-state index contributed by atoms with van der Waals surface area (Å²) in [6.07, 6.45) is 3.91. The molecule has 2 aromatic heterocycles. The van der Waals surface area contributed by atoms with Crippen molar-refractivity contribution in [3.63, 3.8) is 0 Å². The summed E-state index contributed by atoms with van der Waals surface area (Å²) in [5, 5.41) is 13.8. The normalized spacial score (nSPS) is 14.0. The number of piperazine rings is 1. The molecule has 1 aliphatic rings. The summed E-state index contributed by atoms with van der Waals surface area (Å²) in [5.74, 6) is 0.592. The van der Waals surface area contributed by atoms with E-state index in [0.717, 1.165) is 5.56 Å². The Morgan fingerprint density at radius 1 is 1.00 bits per heavy atom. The fourth-order valence-corrected chi connectivity index (χ4v) is 3.33. The van der Waals surface area contributed by atoms with Crippen LogP contribution in [0.25, 0.3) is 11.4 Å². The Morgan fingerprint density at radius 2 is 1.70 bits per heavy atom. The number of aromatic nitrogens is 3. The number of phenolic OH excluding ortho intramolecular Hbond substituents is 1. The van der Waals surface area contributed by atoms with Crippen LogP contribution >= 0.6 is 0 Å². The van der Waals surface area contributed by atoms with Gasteiger partial charge in [-0.2, -0.15) is 4.98 Å². The quantitative estimate of drug-likeness (QED) is 0.686. The van der Waals surface area contributed by atoms with E-state index in [9.17, 15) is 14.7 Å². The molecule has 154 valence electrons. The molecule has 2 amide bonds. The van der Waals surface area contributed by atoms with Gasteiger partial charge in [0.2, 0.25) is 17.6 Å². The van der Waals surface area contributed by atoms with Crippen LogP contribution in [0.5, 0.6) is 5.75 Å². The van der Waals surface area contributed by atoms with Gasteiger partial charge in [-0.05, 0) is 24.3 Å². The summed E-state index contributed by atoms with van der Waals surface area (Å²) in [5.41, 5.74) is 1.08. The van der Waals surface area contributed by atoms with Crippen molar-refractivity contribution < 1.29 is 19.2 Å². The highest BCUT2D eigenvalue weighted by atomic mass is 16.5. The van der Waals surface area contributed by atoms with Crippen molar-refractivity contribution in [2.45, 2.75) is 12.8 Å². The lowest BCUT2D eigenvalue weighted by atomic mass is 10.1. The second kappa shape index (κ2) is 8.73. The lowest BCUT2D eigenvalue weighted by molar-refractivity contribution is -0.132. The predicted octanol–water partition coefficient (Wildman–Crippen LogP) is 1.75. The van der Waals surface area contributed by atoms with Gasteiger partial charge in [0.25, 0.3) is 5.91 Å². The van der Waals surface area contributed by atoms with Crippen molar-refractivity contribution in [3.05, 3.63) is 60.2 Å². The lowest BCUT2D eigenvalue weighted by Gasteiger charge is -2.35. The lowest BCUT2D eigenvalue weighted by Crippen LogP contribution is -2.50. The van der Waals surface area contributed by atoms with E-state index in [1.165, 1.54) is 6.07 Å². The van der Waals surface area contributed by atoms with E-state index in [-0.39, 0.29) is 29.5 Å². The molecule has 0 bridgehead atoms. The van der Waals surface area contributed by atoms with Crippen LogP contribution in [0.4, 0.5) is 0 Å². The van der Waals surface area contributed by atoms with Gasteiger partial charge in [0.1, 0.15) is 5.75 Å². The molecule has 0 atom stereocenters. The number of hydrogen-bond acceptors (Lipinski definition) is 7. The molecule has 1 saturated heterocycles. The number of nitrogens with zero attached hydrogens (tertiary/aromatic N) is 5. The number of rotatable bonds is 5. The number of hydrogen-bond donors (Lipinski definition) is 1. The Balaban J connectivity index is 1.27. The summed E-state index contributed by atoms with van der Waals surface area (Å²) >= 11 is 0. The van der Waals surface area contributed by atoms with Crippen LogP contribution in [0.1, 0.15) is 22.7 Å². The highest BCUT2D eigenvalue weighted by Gasteiger charge is 2.26. The maximum Gasteiger partial charge on any atom is 0.257 e.